The van der Waals surface area contributed by atoms with Crippen molar-refractivity contribution in [2.75, 3.05) is 0 Å². The van der Waals surface area contributed by atoms with Gasteiger partial charge in [-0.3, -0.25) is 14.7 Å². The van der Waals surface area contributed by atoms with Crippen LogP contribution < -0.4 is 0 Å². The number of hydrogen-bond donors (Lipinski definition) is 2. The Kier molecular flexibility index (Phi) is 4.09. The average molecular weight is 344 g/mol. The van der Waals surface area contributed by atoms with Crippen LogP contribution in [0, 0.1) is 0 Å². The second kappa shape index (κ2) is 6.20. The van der Waals surface area contributed by atoms with Gasteiger partial charge in [0.25, 0.3) is 5.78 Å². The molecule has 3 rings (SSSR count). The van der Waals surface area contributed by atoms with E-state index in [2.05, 4.69) is 20.2 Å². The maximum absolute atomic E-state index is 12.6. The van der Waals surface area contributed by atoms with E-state index in [-0.39, 0.29) is 27.7 Å². The fourth-order valence-corrected chi connectivity index (χ4v) is 3.65. The Bertz CT molecular complexity index is 976. The molecule has 0 radical (unpaired) electrons. The van der Waals surface area contributed by atoms with E-state index < -0.39 is 21.4 Å². The van der Waals surface area contributed by atoms with Crippen LogP contribution in [0.2, 0.25) is 0 Å². The van der Waals surface area contributed by atoms with Gasteiger partial charge in [0.15, 0.2) is 5.82 Å². The number of sulfone groups is 1. The smallest absolute Gasteiger partial charge is 0.265 e. The number of ketones is 2. The Labute approximate surface area is 136 Å². The number of Topliss-reactive ketones (excluding diaryl/α,β-unsaturated/α-hetero) is 2. The molecule has 8 nitrogen and oxygen atoms in total. The molecule has 1 aromatic carbocycles. The first-order chi connectivity index (χ1) is 11.5. The minimum absolute atomic E-state index is 0.0997. The van der Waals surface area contributed by atoms with E-state index in [4.69, 9.17) is 0 Å². The van der Waals surface area contributed by atoms with E-state index in [1.807, 2.05) is 0 Å². The molecule has 0 bridgehead atoms. The molecule has 0 saturated heterocycles. The van der Waals surface area contributed by atoms with Gasteiger partial charge in [-0.05, 0) is 23.8 Å². The monoisotopic (exact) mass is 344 g/mol. The summed E-state index contributed by atoms with van der Waals surface area (Å²) in [6, 6.07) is 9.29. The number of H-pyrrole nitrogens is 2. The minimum atomic E-state index is -3.81. The number of nitrogens with zero attached hydrogens (tertiary/aromatic N) is 2. The lowest BCUT2D eigenvalue weighted by Crippen LogP contribution is -2.19. The molecule has 0 fully saturated rings. The fraction of sp³-hybridized carbons (Fsp3) is 0.0667. The quantitative estimate of drug-likeness (QED) is 0.507. The van der Waals surface area contributed by atoms with Crippen LogP contribution in [-0.4, -0.2) is 40.1 Å². The number of carbonyl (C=O) groups excluding carboxylic acids is 2. The summed E-state index contributed by atoms with van der Waals surface area (Å²) in [6.07, 6.45) is 2.17. The number of hydrogen-bond acceptors (Lipinski definition) is 6. The van der Waals surface area contributed by atoms with E-state index in [0.29, 0.717) is 0 Å². The van der Waals surface area contributed by atoms with Gasteiger partial charge in [0.1, 0.15) is 11.4 Å². The summed E-state index contributed by atoms with van der Waals surface area (Å²) in [5, 5.41) is 5.71. The zero-order valence-corrected chi connectivity index (χ0v) is 13.1. The van der Waals surface area contributed by atoms with Gasteiger partial charge in [-0.15, -0.1) is 0 Å². The van der Waals surface area contributed by atoms with Crippen LogP contribution in [0.3, 0.4) is 0 Å². The van der Waals surface area contributed by atoms with Crippen molar-refractivity contribution in [3.8, 4) is 0 Å². The highest BCUT2D eigenvalue weighted by Gasteiger charge is 2.26. The molecule has 0 spiro atoms. The van der Waals surface area contributed by atoms with Crippen molar-refractivity contribution in [1.82, 2.24) is 20.2 Å². The van der Waals surface area contributed by atoms with Crippen molar-refractivity contribution >= 4 is 21.4 Å². The Morgan fingerprint density at radius 3 is 2.50 bits per heavy atom. The number of benzene rings is 1. The van der Waals surface area contributed by atoms with E-state index in [1.165, 1.54) is 24.4 Å². The molecule has 0 saturated carbocycles. The van der Waals surface area contributed by atoms with E-state index in [1.54, 1.807) is 18.2 Å². The lowest BCUT2D eigenvalue weighted by molar-refractivity contribution is -0.114. The lowest BCUT2D eigenvalue weighted by atomic mass is 10.1. The largest absolute Gasteiger partial charge is 0.352 e. The Morgan fingerprint density at radius 2 is 1.83 bits per heavy atom. The molecule has 0 aliphatic heterocycles. The zero-order chi connectivity index (χ0) is 17.2. The number of carbonyl (C=O) groups is 2. The average Bonchev–Trinajstić information content (AvgIpc) is 3.26. The maximum Gasteiger partial charge on any atom is 0.265 e. The normalized spacial score (nSPS) is 11.3. The maximum atomic E-state index is 12.6. The number of nitrogens with one attached hydrogen (secondary N) is 2. The molecule has 0 amide bonds. The number of rotatable bonds is 6. The summed E-state index contributed by atoms with van der Waals surface area (Å²) >= 11 is 0. The molecule has 0 aliphatic carbocycles. The molecule has 0 atom stereocenters. The predicted octanol–water partition coefficient (Wildman–Crippen LogP) is 0.960. The highest BCUT2D eigenvalue weighted by Crippen LogP contribution is 2.23. The van der Waals surface area contributed by atoms with Gasteiger partial charge in [0.2, 0.25) is 15.6 Å². The van der Waals surface area contributed by atoms with Crippen LogP contribution in [-0.2, 0) is 21.1 Å². The molecular weight excluding hydrogens is 332 g/mol. The SMILES string of the molecule is O=C(Cc1cc[nH]c1S(=O)(=O)c1ccccc1)C(=O)c1ncn[nH]1. The standard InChI is InChI=1S/C15H12N4O4S/c20-12(13(21)14-17-9-18-19-14)8-10-6-7-16-15(10)24(22,23)11-4-2-1-3-5-11/h1-7,9,16H,8H2,(H,17,18,19). The molecule has 2 N–H and O–H groups in total. The van der Waals surface area contributed by atoms with E-state index in [0.717, 1.165) is 6.33 Å². The van der Waals surface area contributed by atoms with Gasteiger partial charge in [0, 0.05) is 12.6 Å². The predicted molar refractivity (Wildman–Crippen MR) is 82.1 cm³/mol. The fourth-order valence-electron chi connectivity index (χ4n) is 2.19. The van der Waals surface area contributed by atoms with Gasteiger partial charge in [-0.25, -0.2) is 13.4 Å². The molecule has 3 aromatic rings. The second-order valence-corrected chi connectivity index (χ2v) is 6.80. The second-order valence-electron chi connectivity index (χ2n) is 4.91. The first kappa shape index (κ1) is 15.8. The van der Waals surface area contributed by atoms with Gasteiger partial charge < -0.3 is 4.98 Å². The van der Waals surface area contributed by atoms with Gasteiger partial charge >= 0.3 is 0 Å². The zero-order valence-electron chi connectivity index (χ0n) is 12.3. The van der Waals surface area contributed by atoms with Crippen LogP contribution in [0.1, 0.15) is 16.2 Å². The number of aromatic nitrogens is 4. The summed E-state index contributed by atoms with van der Waals surface area (Å²) in [5.74, 6) is -1.81. The van der Waals surface area contributed by atoms with E-state index in [9.17, 15) is 18.0 Å². The topological polar surface area (TPSA) is 126 Å². The Balaban J connectivity index is 1.89. The van der Waals surface area contributed by atoms with Gasteiger partial charge in [-0.2, -0.15) is 5.10 Å². The molecule has 2 aromatic heterocycles. The van der Waals surface area contributed by atoms with Crippen LogP contribution in [0.4, 0.5) is 0 Å². The van der Waals surface area contributed by atoms with Crippen LogP contribution in [0.5, 0.6) is 0 Å². The molecule has 0 aliphatic rings. The van der Waals surface area contributed by atoms with Crippen LogP contribution in [0.25, 0.3) is 0 Å². The molecule has 9 heteroatoms. The third kappa shape index (κ3) is 2.88. The Hall–Kier alpha value is -3.07. The highest BCUT2D eigenvalue weighted by atomic mass is 32.2. The molecule has 0 unspecified atom stereocenters. The summed E-state index contributed by atoms with van der Waals surface area (Å²) in [7, 11) is -3.81. The van der Waals surface area contributed by atoms with Crippen LogP contribution >= 0.6 is 0 Å². The van der Waals surface area contributed by atoms with Crippen LogP contribution in [0.15, 0.2) is 58.8 Å². The summed E-state index contributed by atoms with van der Waals surface area (Å²) in [5.41, 5.74) is 0.219. The molecular formula is C15H12N4O4S. The summed E-state index contributed by atoms with van der Waals surface area (Å²) in [4.78, 5) is 30.4. The van der Waals surface area contributed by atoms with E-state index >= 15 is 0 Å². The Morgan fingerprint density at radius 1 is 1.08 bits per heavy atom. The van der Waals surface area contributed by atoms with Crippen molar-refractivity contribution in [2.45, 2.75) is 16.3 Å². The van der Waals surface area contributed by atoms with Crippen molar-refractivity contribution in [3.05, 3.63) is 60.3 Å². The summed E-state index contributed by atoms with van der Waals surface area (Å²) in [6.45, 7) is 0. The molecule has 122 valence electrons. The van der Waals surface area contributed by atoms with Crippen molar-refractivity contribution < 1.29 is 18.0 Å². The van der Waals surface area contributed by atoms with Gasteiger partial charge in [0.05, 0.1) is 4.90 Å². The van der Waals surface area contributed by atoms with Gasteiger partial charge in [-0.1, -0.05) is 18.2 Å². The van der Waals surface area contributed by atoms with Crippen molar-refractivity contribution in [2.24, 2.45) is 0 Å². The first-order valence-electron chi connectivity index (χ1n) is 6.89. The minimum Gasteiger partial charge on any atom is -0.352 e. The third-order valence-corrected chi connectivity index (χ3v) is 5.16. The third-order valence-electron chi connectivity index (χ3n) is 3.35. The molecule has 24 heavy (non-hydrogen) atoms. The number of aromatic amines is 2. The highest BCUT2D eigenvalue weighted by molar-refractivity contribution is 7.91. The first-order valence-corrected chi connectivity index (χ1v) is 8.38. The summed E-state index contributed by atoms with van der Waals surface area (Å²) < 4.78 is 25.3. The lowest BCUT2D eigenvalue weighted by Gasteiger charge is -2.05. The van der Waals surface area contributed by atoms with Crippen molar-refractivity contribution in [3.63, 3.8) is 0 Å². The van der Waals surface area contributed by atoms with Crippen molar-refractivity contribution in [1.29, 1.82) is 0 Å². The molecule has 2 heterocycles.